The predicted octanol–water partition coefficient (Wildman–Crippen LogP) is 4.53. The van der Waals surface area contributed by atoms with Gasteiger partial charge in [-0.05, 0) is 24.6 Å². The molecule has 0 spiro atoms. The zero-order chi connectivity index (χ0) is 18.3. The molecule has 0 saturated carbocycles. The summed E-state index contributed by atoms with van der Waals surface area (Å²) >= 11 is 0. The molecule has 2 aromatic carbocycles. The Kier molecular flexibility index (Phi) is 3.86. The van der Waals surface area contributed by atoms with Crippen molar-refractivity contribution in [1.82, 2.24) is 9.78 Å². The van der Waals surface area contributed by atoms with Crippen molar-refractivity contribution >= 4 is 5.82 Å². The summed E-state index contributed by atoms with van der Waals surface area (Å²) in [5.41, 5.74) is 1.22. The highest BCUT2D eigenvalue weighted by Crippen LogP contribution is 2.41. The standard InChI is InChI=1S/C19H16F3N3O/c1-26-16-9-5-4-8-15(16)25-18-13(10-11-23-18)17(24-25)12-6-2-3-7-14(12)19(20,21)22/h2-9,23H,10-11H2,1H3. The van der Waals surface area contributed by atoms with Crippen LogP contribution >= 0.6 is 0 Å². The van der Waals surface area contributed by atoms with Crippen molar-refractivity contribution in [3.05, 3.63) is 59.7 Å². The molecule has 0 amide bonds. The minimum Gasteiger partial charge on any atom is -0.494 e. The molecule has 7 heteroatoms. The van der Waals surface area contributed by atoms with Gasteiger partial charge in [0.1, 0.15) is 17.3 Å². The van der Waals surface area contributed by atoms with Gasteiger partial charge in [0.15, 0.2) is 0 Å². The Morgan fingerprint density at radius 3 is 2.58 bits per heavy atom. The van der Waals surface area contributed by atoms with Crippen LogP contribution in [0, 0.1) is 0 Å². The zero-order valence-electron chi connectivity index (χ0n) is 14.0. The molecule has 4 nitrogen and oxygen atoms in total. The van der Waals surface area contributed by atoms with E-state index in [4.69, 9.17) is 4.74 Å². The molecule has 26 heavy (non-hydrogen) atoms. The molecule has 2 heterocycles. The van der Waals surface area contributed by atoms with Gasteiger partial charge in [0.05, 0.1) is 18.4 Å². The number of nitrogens with zero attached hydrogens (tertiary/aromatic N) is 2. The number of hydrogen-bond donors (Lipinski definition) is 1. The molecule has 0 radical (unpaired) electrons. The van der Waals surface area contributed by atoms with E-state index in [2.05, 4.69) is 10.4 Å². The monoisotopic (exact) mass is 359 g/mol. The van der Waals surface area contributed by atoms with Gasteiger partial charge in [-0.1, -0.05) is 30.3 Å². The highest BCUT2D eigenvalue weighted by atomic mass is 19.4. The SMILES string of the molecule is COc1ccccc1-n1nc(-c2ccccc2C(F)(F)F)c2c1NCC2. The van der Waals surface area contributed by atoms with Crippen LogP contribution in [-0.4, -0.2) is 23.4 Å². The molecule has 4 rings (SSSR count). The lowest BCUT2D eigenvalue weighted by Crippen LogP contribution is -2.08. The van der Waals surface area contributed by atoms with Crippen molar-refractivity contribution in [2.75, 3.05) is 19.0 Å². The van der Waals surface area contributed by atoms with Crippen LogP contribution < -0.4 is 10.1 Å². The number of nitrogens with one attached hydrogen (secondary N) is 1. The lowest BCUT2D eigenvalue weighted by atomic mass is 10.0. The van der Waals surface area contributed by atoms with Crippen molar-refractivity contribution in [3.8, 4) is 22.7 Å². The summed E-state index contributed by atoms with van der Waals surface area (Å²) in [5, 5.41) is 7.76. The molecular weight excluding hydrogens is 343 g/mol. The van der Waals surface area contributed by atoms with Crippen LogP contribution in [0.4, 0.5) is 19.0 Å². The first-order chi connectivity index (χ1) is 12.5. The van der Waals surface area contributed by atoms with Crippen LogP contribution in [0.3, 0.4) is 0 Å². The van der Waals surface area contributed by atoms with Gasteiger partial charge in [0, 0.05) is 17.7 Å². The number of hydrogen-bond acceptors (Lipinski definition) is 3. The molecule has 0 unspecified atom stereocenters. The number of fused-ring (bicyclic) bond motifs is 1. The van der Waals surface area contributed by atoms with Crippen LogP contribution in [0.15, 0.2) is 48.5 Å². The highest BCUT2D eigenvalue weighted by molar-refractivity contribution is 5.75. The zero-order valence-corrected chi connectivity index (χ0v) is 14.0. The molecule has 0 saturated heterocycles. The molecule has 0 fully saturated rings. The van der Waals surface area contributed by atoms with E-state index in [1.54, 1.807) is 23.9 Å². The van der Waals surface area contributed by atoms with Crippen LogP contribution in [0.1, 0.15) is 11.1 Å². The average Bonchev–Trinajstić information content (AvgIpc) is 3.23. The third kappa shape index (κ3) is 2.60. The fourth-order valence-corrected chi connectivity index (χ4v) is 3.31. The Morgan fingerprint density at radius 2 is 1.81 bits per heavy atom. The van der Waals surface area contributed by atoms with Gasteiger partial charge in [-0.3, -0.25) is 0 Å². The summed E-state index contributed by atoms with van der Waals surface area (Å²) < 4.78 is 47.4. The predicted molar refractivity (Wildman–Crippen MR) is 92.7 cm³/mol. The van der Waals surface area contributed by atoms with Crippen LogP contribution in [0.5, 0.6) is 5.75 Å². The van der Waals surface area contributed by atoms with Gasteiger partial charge in [-0.2, -0.15) is 18.3 Å². The number of methoxy groups -OCH3 is 1. The second-order valence-corrected chi connectivity index (χ2v) is 5.98. The molecule has 3 aromatic rings. The van der Waals surface area contributed by atoms with Crippen molar-refractivity contribution in [2.24, 2.45) is 0 Å². The first-order valence-electron chi connectivity index (χ1n) is 8.16. The van der Waals surface area contributed by atoms with Crippen molar-refractivity contribution in [3.63, 3.8) is 0 Å². The van der Waals surface area contributed by atoms with Gasteiger partial charge in [-0.15, -0.1) is 0 Å². The van der Waals surface area contributed by atoms with E-state index in [0.717, 1.165) is 11.6 Å². The first-order valence-corrected chi connectivity index (χ1v) is 8.16. The largest absolute Gasteiger partial charge is 0.494 e. The lowest BCUT2D eigenvalue weighted by molar-refractivity contribution is -0.137. The summed E-state index contributed by atoms with van der Waals surface area (Å²) in [6, 6.07) is 12.8. The second-order valence-electron chi connectivity index (χ2n) is 5.98. The average molecular weight is 359 g/mol. The van der Waals surface area contributed by atoms with Crippen LogP contribution in [0.2, 0.25) is 0 Å². The van der Waals surface area contributed by atoms with Crippen molar-refractivity contribution in [1.29, 1.82) is 0 Å². The number of aromatic nitrogens is 2. The quantitative estimate of drug-likeness (QED) is 0.747. The van der Waals surface area contributed by atoms with Crippen molar-refractivity contribution < 1.29 is 17.9 Å². The fraction of sp³-hybridized carbons (Fsp3) is 0.211. The number of alkyl halides is 3. The maximum atomic E-state index is 13.5. The van der Waals surface area contributed by atoms with Crippen molar-refractivity contribution in [2.45, 2.75) is 12.6 Å². The summed E-state index contributed by atoms with van der Waals surface area (Å²) in [6.45, 7) is 0.656. The topological polar surface area (TPSA) is 39.1 Å². The van der Waals surface area contributed by atoms with E-state index in [-0.39, 0.29) is 5.56 Å². The number of anilines is 1. The number of halogens is 3. The molecule has 1 aromatic heterocycles. The first kappa shape index (κ1) is 16.5. The van der Waals surface area contributed by atoms with Gasteiger partial charge < -0.3 is 10.1 Å². The van der Waals surface area contributed by atoms with Gasteiger partial charge >= 0.3 is 6.18 Å². The third-order valence-electron chi connectivity index (χ3n) is 4.45. The minimum atomic E-state index is -4.44. The van der Waals surface area contributed by atoms with E-state index >= 15 is 0 Å². The number of benzene rings is 2. The van der Waals surface area contributed by atoms with E-state index < -0.39 is 11.7 Å². The van der Waals surface area contributed by atoms with E-state index in [0.29, 0.717) is 35.9 Å². The van der Waals surface area contributed by atoms with E-state index in [1.807, 2.05) is 18.2 Å². The molecule has 0 bridgehead atoms. The second kappa shape index (κ2) is 6.09. The third-order valence-corrected chi connectivity index (χ3v) is 4.45. The summed E-state index contributed by atoms with van der Waals surface area (Å²) in [6.07, 6.45) is -3.82. The number of para-hydroxylation sites is 2. The Bertz CT molecular complexity index is 963. The molecule has 0 atom stereocenters. The maximum Gasteiger partial charge on any atom is 0.417 e. The number of rotatable bonds is 3. The smallest absolute Gasteiger partial charge is 0.417 e. The fourth-order valence-electron chi connectivity index (χ4n) is 3.31. The summed E-state index contributed by atoms with van der Waals surface area (Å²) in [4.78, 5) is 0. The minimum absolute atomic E-state index is 0.0913. The van der Waals surface area contributed by atoms with E-state index in [1.165, 1.54) is 12.1 Å². The Labute approximate surface area is 148 Å². The Hall–Kier alpha value is -2.96. The van der Waals surface area contributed by atoms with Gasteiger partial charge in [0.25, 0.3) is 0 Å². The summed E-state index contributed by atoms with van der Waals surface area (Å²) in [7, 11) is 1.55. The number of ether oxygens (including phenoxy) is 1. The van der Waals surface area contributed by atoms with Crippen LogP contribution in [0.25, 0.3) is 16.9 Å². The lowest BCUT2D eigenvalue weighted by Gasteiger charge is -2.12. The molecule has 0 aliphatic carbocycles. The van der Waals surface area contributed by atoms with Gasteiger partial charge in [-0.25, -0.2) is 4.68 Å². The summed E-state index contributed by atoms with van der Waals surface area (Å²) in [5.74, 6) is 1.31. The molecular formula is C19H16F3N3O. The Morgan fingerprint density at radius 1 is 1.08 bits per heavy atom. The van der Waals surface area contributed by atoms with Crippen LogP contribution in [-0.2, 0) is 12.6 Å². The highest BCUT2D eigenvalue weighted by Gasteiger charge is 2.36. The molecule has 1 aliphatic rings. The van der Waals surface area contributed by atoms with Gasteiger partial charge in [0.2, 0.25) is 0 Å². The Balaban J connectivity index is 1.94. The molecule has 1 N–H and O–H groups in total. The maximum absolute atomic E-state index is 13.5. The molecule has 1 aliphatic heterocycles. The normalized spacial score (nSPS) is 13.4. The molecule has 134 valence electrons. The van der Waals surface area contributed by atoms with E-state index in [9.17, 15) is 13.2 Å².